The smallest absolute Gasteiger partial charge is 0.315 e. The molecule has 41 heavy (non-hydrogen) atoms. The zero-order valence-electron chi connectivity index (χ0n) is 21.8. The zero-order valence-corrected chi connectivity index (χ0v) is 24.1. The van der Waals surface area contributed by atoms with E-state index in [1.807, 2.05) is 65.2 Å². The van der Waals surface area contributed by atoms with Crippen molar-refractivity contribution in [2.45, 2.75) is 29.9 Å². The Morgan fingerprint density at radius 2 is 1.54 bits per heavy atom. The molecule has 2 amide bonds. The first-order valence-electron chi connectivity index (χ1n) is 12.9. The van der Waals surface area contributed by atoms with Crippen molar-refractivity contribution < 1.29 is 9.18 Å². The molecule has 0 aliphatic rings. The normalized spacial score (nSPS) is 11.7. The van der Waals surface area contributed by atoms with Crippen LogP contribution in [0.1, 0.15) is 28.6 Å². The monoisotopic (exact) mass is 605 g/mol. The van der Waals surface area contributed by atoms with Gasteiger partial charge in [-0.2, -0.15) is 0 Å². The van der Waals surface area contributed by atoms with Crippen LogP contribution in [0.15, 0.2) is 108 Å². The standard InChI is InChI=1S/C31H26Cl2FN5OS/c32-24-13-16-28(26(33)18-24)39-29(37-38-31(39)41-20-23-11-14-25(34)15-12-23)27(17-21-7-3-1-4-8-21)36-30(40)35-19-22-9-5-2-6-10-22/h1-16,18,27H,17,19-20H2,(H2,35,36,40). The van der Waals surface area contributed by atoms with E-state index in [1.165, 1.54) is 23.9 Å². The Kier molecular flexibility index (Phi) is 9.56. The maximum absolute atomic E-state index is 13.4. The third kappa shape index (κ3) is 7.67. The van der Waals surface area contributed by atoms with Gasteiger partial charge in [0.25, 0.3) is 0 Å². The molecule has 0 saturated heterocycles. The van der Waals surface area contributed by atoms with Crippen LogP contribution in [0.25, 0.3) is 5.69 Å². The molecule has 1 heterocycles. The molecular formula is C31H26Cl2FN5OS. The van der Waals surface area contributed by atoms with E-state index in [0.717, 1.165) is 16.7 Å². The number of thioether (sulfide) groups is 1. The largest absolute Gasteiger partial charge is 0.334 e. The van der Waals surface area contributed by atoms with E-state index >= 15 is 0 Å². The van der Waals surface area contributed by atoms with Crippen LogP contribution in [0, 0.1) is 5.82 Å². The molecule has 5 rings (SSSR count). The third-order valence-corrected chi connectivity index (χ3v) is 7.82. The fourth-order valence-electron chi connectivity index (χ4n) is 4.26. The Morgan fingerprint density at radius 1 is 0.854 bits per heavy atom. The molecule has 0 aliphatic carbocycles. The van der Waals surface area contributed by atoms with Crippen molar-refractivity contribution in [2.75, 3.05) is 0 Å². The first-order chi connectivity index (χ1) is 20.0. The zero-order chi connectivity index (χ0) is 28.6. The maximum atomic E-state index is 13.4. The van der Waals surface area contributed by atoms with Crippen molar-refractivity contribution in [3.05, 3.63) is 142 Å². The second-order valence-electron chi connectivity index (χ2n) is 9.24. The van der Waals surface area contributed by atoms with E-state index in [9.17, 15) is 9.18 Å². The van der Waals surface area contributed by atoms with E-state index in [-0.39, 0.29) is 11.8 Å². The van der Waals surface area contributed by atoms with Crippen LogP contribution >= 0.6 is 35.0 Å². The summed E-state index contributed by atoms with van der Waals surface area (Å²) in [6.45, 7) is 0.374. The number of amides is 2. The number of nitrogens with one attached hydrogen (secondary N) is 2. The van der Waals surface area contributed by atoms with Gasteiger partial charge in [0.05, 0.1) is 16.8 Å². The molecule has 1 aromatic heterocycles. The van der Waals surface area contributed by atoms with Gasteiger partial charge in [-0.05, 0) is 47.0 Å². The second-order valence-corrected chi connectivity index (χ2v) is 11.0. The highest BCUT2D eigenvalue weighted by molar-refractivity contribution is 7.98. The Hall–Kier alpha value is -3.85. The van der Waals surface area contributed by atoms with Gasteiger partial charge >= 0.3 is 6.03 Å². The van der Waals surface area contributed by atoms with Gasteiger partial charge < -0.3 is 10.6 Å². The predicted octanol–water partition coefficient (Wildman–Crippen LogP) is 7.79. The molecule has 0 bridgehead atoms. The van der Waals surface area contributed by atoms with Gasteiger partial charge in [-0.3, -0.25) is 4.57 Å². The summed E-state index contributed by atoms with van der Waals surface area (Å²) < 4.78 is 15.3. The molecule has 0 saturated carbocycles. The minimum Gasteiger partial charge on any atom is -0.334 e. The fourth-order valence-corrected chi connectivity index (χ4v) is 5.66. The van der Waals surface area contributed by atoms with Gasteiger partial charge in [-0.25, -0.2) is 9.18 Å². The molecular weight excluding hydrogens is 580 g/mol. The Labute approximate surface area is 251 Å². The van der Waals surface area contributed by atoms with E-state index in [0.29, 0.717) is 45.4 Å². The van der Waals surface area contributed by atoms with E-state index in [2.05, 4.69) is 20.8 Å². The Bertz CT molecular complexity index is 1600. The molecule has 0 fully saturated rings. The lowest BCUT2D eigenvalue weighted by Gasteiger charge is -2.21. The minimum atomic E-state index is -0.549. The number of halogens is 3. The molecule has 0 radical (unpaired) electrons. The number of carbonyl (C=O) groups is 1. The van der Waals surface area contributed by atoms with Crippen LogP contribution in [-0.4, -0.2) is 20.8 Å². The van der Waals surface area contributed by atoms with Crippen LogP contribution in [0.4, 0.5) is 9.18 Å². The van der Waals surface area contributed by atoms with Crippen LogP contribution in [0.5, 0.6) is 0 Å². The predicted molar refractivity (Wildman–Crippen MR) is 162 cm³/mol. The van der Waals surface area contributed by atoms with Gasteiger partial charge in [0, 0.05) is 23.7 Å². The lowest BCUT2D eigenvalue weighted by Crippen LogP contribution is -2.39. The van der Waals surface area contributed by atoms with Crippen molar-refractivity contribution in [2.24, 2.45) is 0 Å². The summed E-state index contributed by atoms with van der Waals surface area (Å²) >= 11 is 14.3. The first-order valence-corrected chi connectivity index (χ1v) is 14.6. The summed E-state index contributed by atoms with van der Waals surface area (Å²) in [5, 5.41) is 16.5. The average molecular weight is 607 g/mol. The summed E-state index contributed by atoms with van der Waals surface area (Å²) in [5.74, 6) is 0.741. The average Bonchev–Trinajstić information content (AvgIpc) is 3.40. The Balaban J connectivity index is 1.48. The van der Waals surface area contributed by atoms with Crippen LogP contribution in [-0.2, 0) is 18.7 Å². The summed E-state index contributed by atoms with van der Waals surface area (Å²) in [4.78, 5) is 13.1. The van der Waals surface area contributed by atoms with Gasteiger partial charge in [-0.1, -0.05) is 108 Å². The molecule has 208 valence electrons. The SMILES string of the molecule is O=C(NCc1ccccc1)NC(Cc1ccccc1)c1nnc(SCc2ccc(F)cc2)n1-c1ccc(Cl)cc1Cl. The van der Waals surface area contributed by atoms with Crippen LogP contribution in [0.3, 0.4) is 0 Å². The molecule has 6 nitrogen and oxygen atoms in total. The van der Waals surface area contributed by atoms with Gasteiger partial charge in [0.2, 0.25) is 0 Å². The van der Waals surface area contributed by atoms with Crippen LogP contribution < -0.4 is 10.6 Å². The van der Waals surface area contributed by atoms with E-state index in [4.69, 9.17) is 23.2 Å². The third-order valence-electron chi connectivity index (χ3n) is 6.29. The minimum absolute atomic E-state index is 0.294. The van der Waals surface area contributed by atoms with Crippen molar-refractivity contribution in [3.63, 3.8) is 0 Å². The highest BCUT2D eigenvalue weighted by Gasteiger charge is 2.26. The highest BCUT2D eigenvalue weighted by Crippen LogP contribution is 2.33. The number of carbonyl (C=O) groups excluding carboxylic acids is 1. The number of urea groups is 1. The van der Waals surface area contributed by atoms with Crippen molar-refractivity contribution in [1.29, 1.82) is 0 Å². The second kappa shape index (κ2) is 13.7. The van der Waals surface area contributed by atoms with Crippen LogP contribution in [0.2, 0.25) is 10.0 Å². The molecule has 1 unspecified atom stereocenters. The summed E-state index contributed by atoms with van der Waals surface area (Å²) in [6, 6.07) is 30.2. The molecule has 2 N–H and O–H groups in total. The van der Waals surface area contributed by atoms with Gasteiger partial charge in [-0.15, -0.1) is 10.2 Å². The molecule has 5 aromatic rings. The quantitative estimate of drug-likeness (QED) is 0.159. The maximum Gasteiger partial charge on any atom is 0.315 e. The summed E-state index contributed by atoms with van der Waals surface area (Å²) in [7, 11) is 0. The van der Waals surface area contributed by atoms with Gasteiger partial charge in [0.15, 0.2) is 11.0 Å². The van der Waals surface area contributed by atoms with Crippen molar-refractivity contribution in [3.8, 4) is 5.69 Å². The molecule has 0 aliphatic heterocycles. The van der Waals surface area contributed by atoms with E-state index in [1.54, 1.807) is 30.3 Å². The lowest BCUT2D eigenvalue weighted by molar-refractivity contribution is 0.236. The lowest BCUT2D eigenvalue weighted by atomic mass is 10.1. The number of hydrogen-bond acceptors (Lipinski definition) is 4. The van der Waals surface area contributed by atoms with Crippen molar-refractivity contribution in [1.82, 2.24) is 25.4 Å². The highest BCUT2D eigenvalue weighted by atomic mass is 35.5. The Morgan fingerprint density at radius 3 is 2.22 bits per heavy atom. The molecule has 4 aromatic carbocycles. The summed E-state index contributed by atoms with van der Waals surface area (Å²) in [5.41, 5.74) is 3.55. The molecule has 10 heteroatoms. The van der Waals surface area contributed by atoms with E-state index < -0.39 is 6.04 Å². The number of aromatic nitrogens is 3. The topological polar surface area (TPSA) is 71.8 Å². The first kappa shape index (κ1) is 28.7. The number of hydrogen-bond donors (Lipinski definition) is 2. The number of nitrogens with zero attached hydrogens (tertiary/aromatic N) is 3. The van der Waals surface area contributed by atoms with Crippen molar-refractivity contribution >= 4 is 41.0 Å². The molecule has 1 atom stereocenters. The number of rotatable bonds is 10. The summed E-state index contributed by atoms with van der Waals surface area (Å²) in [6.07, 6.45) is 0.464. The molecule has 0 spiro atoms. The number of benzene rings is 4. The fraction of sp³-hybridized carbons (Fsp3) is 0.129. The van der Waals surface area contributed by atoms with Gasteiger partial charge in [0.1, 0.15) is 5.82 Å².